The predicted octanol–water partition coefficient (Wildman–Crippen LogP) is 2.39. The smallest absolute Gasteiger partial charge is 0.250 e. The second-order valence-corrected chi connectivity index (χ2v) is 4.81. The van der Waals surface area contributed by atoms with Crippen molar-refractivity contribution in [2.45, 2.75) is 20.8 Å². The van der Waals surface area contributed by atoms with Crippen LogP contribution in [0.25, 0.3) is 6.08 Å². The molecule has 3 nitrogen and oxygen atoms in total. The van der Waals surface area contributed by atoms with Crippen LogP contribution in [0.5, 0.6) is 0 Å². The summed E-state index contributed by atoms with van der Waals surface area (Å²) in [6.07, 6.45) is 3.03. The van der Waals surface area contributed by atoms with Gasteiger partial charge in [0.25, 0.3) is 5.91 Å². The molecule has 0 aromatic heterocycles. The van der Waals surface area contributed by atoms with Gasteiger partial charge in [-0.3, -0.25) is 14.9 Å². The van der Waals surface area contributed by atoms with Crippen LogP contribution in [0, 0.1) is 5.41 Å². The normalized spacial score (nSPS) is 11.5. The van der Waals surface area contributed by atoms with E-state index < -0.39 is 11.3 Å². The van der Waals surface area contributed by atoms with Gasteiger partial charge in [0.15, 0.2) is 0 Å². The van der Waals surface area contributed by atoms with Gasteiger partial charge < -0.3 is 0 Å². The molecule has 0 radical (unpaired) electrons. The van der Waals surface area contributed by atoms with Gasteiger partial charge >= 0.3 is 0 Å². The molecule has 2 amide bonds. The molecule has 0 aliphatic heterocycles. The maximum Gasteiger partial charge on any atom is 0.250 e. The molecule has 0 saturated carbocycles. The Labute approximate surface area is 102 Å². The van der Waals surface area contributed by atoms with E-state index in [1.807, 2.05) is 30.3 Å². The van der Waals surface area contributed by atoms with Crippen LogP contribution in [-0.4, -0.2) is 11.8 Å². The number of imide groups is 1. The summed E-state index contributed by atoms with van der Waals surface area (Å²) in [7, 11) is 0. The van der Waals surface area contributed by atoms with Gasteiger partial charge in [-0.2, -0.15) is 0 Å². The Hall–Kier alpha value is -1.90. The highest BCUT2D eigenvalue weighted by molar-refractivity contribution is 6.04. The molecule has 1 aromatic carbocycles. The minimum Gasteiger partial charge on any atom is -0.292 e. The zero-order valence-corrected chi connectivity index (χ0v) is 10.4. The fourth-order valence-corrected chi connectivity index (χ4v) is 1.08. The van der Waals surface area contributed by atoms with Crippen molar-refractivity contribution < 1.29 is 9.59 Å². The van der Waals surface area contributed by atoms with Crippen molar-refractivity contribution >= 4 is 17.9 Å². The quantitative estimate of drug-likeness (QED) is 0.794. The van der Waals surface area contributed by atoms with Crippen molar-refractivity contribution in [3.63, 3.8) is 0 Å². The highest BCUT2D eigenvalue weighted by atomic mass is 16.2. The van der Waals surface area contributed by atoms with Crippen molar-refractivity contribution in [3.8, 4) is 0 Å². The maximum atomic E-state index is 11.5. The van der Waals surface area contributed by atoms with E-state index in [9.17, 15) is 9.59 Å². The highest BCUT2D eigenvalue weighted by Gasteiger charge is 2.22. The topological polar surface area (TPSA) is 46.2 Å². The average molecular weight is 231 g/mol. The Balaban J connectivity index is 2.57. The maximum absolute atomic E-state index is 11.5. The van der Waals surface area contributed by atoms with Gasteiger partial charge in [-0.25, -0.2) is 0 Å². The van der Waals surface area contributed by atoms with Crippen molar-refractivity contribution in [2.24, 2.45) is 5.41 Å². The zero-order chi connectivity index (χ0) is 12.9. The van der Waals surface area contributed by atoms with Gasteiger partial charge in [0.2, 0.25) is 5.91 Å². The van der Waals surface area contributed by atoms with Crippen LogP contribution in [0.3, 0.4) is 0 Å². The third-order valence-corrected chi connectivity index (χ3v) is 2.14. The van der Waals surface area contributed by atoms with E-state index in [1.165, 1.54) is 6.08 Å². The molecule has 0 fully saturated rings. The van der Waals surface area contributed by atoms with Crippen LogP contribution in [0.15, 0.2) is 36.4 Å². The van der Waals surface area contributed by atoms with E-state index in [0.717, 1.165) is 5.56 Å². The molecule has 0 bridgehead atoms. The summed E-state index contributed by atoms with van der Waals surface area (Å²) in [4.78, 5) is 23.0. The van der Waals surface area contributed by atoms with Crippen LogP contribution in [0.1, 0.15) is 26.3 Å². The first-order valence-electron chi connectivity index (χ1n) is 5.48. The van der Waals surface area contributed by atoms with E-state index in [0.29, 0.717) is 0 Å². The van der Waals surface area contributed by atoms with E-state index in [1.54, 1.807) is 26.8 Å². The molecule has 0 heterocycles. The number of hydrogen-bond donors (Lipinski definition) is 1. The summed E-state index contributed by atoms with van der Waals surface area (Å²) in [5.74, 6) is -0.672. The zero-order valence-electron chi connectivity index (χ0n) is 10.4. The number of carbonyl (C=O) groups is 2. The predicted molar refractivity (Wildman–Crippen MR) is 68.1 cm³/mol. The first-order chi connectivity index (χ1) is 7.89. The van der Waals surface area contributed by atoms with Crippen LogP contribution in [0.4, 0.5) is 0 Å². The lowest BCUT2D eigenvalue weighted by molar-refractivity contribution is -0.133. The van der Waals surface area contributed by atoms with Crippen molar-refractivity contribution in [1.82, 2.24) is 5.32 Å². The molecular formula is C14H17NO2. The second-order valence-electron chi connectivity index (χ2n) is 4.81. The molecule has 3 heteroatoms. The first kappa shape index (κ1) is 13.2. The molecule has 1 aromatic rings. The molecular weight excluding hydrogens is 214 g/mol. The standard InChI is InChI=1S/C14H17NO2/c1-14(2,3)13(17)15-12(16)10-9-11-7-5-4-6-8-11/h4-10H,1-3H3,(H,15,16,17)/b10-9+. The summed E-state index contributed by atoms with van der Waals surface area (Å²) >= 11 is 0. The summed E-state index contributed by atoms with van der Waals surface area (Å²) in [5.41, 5.74) is 0.363. The minimum absolute atomic E-state index is 0.278. The van der Waals surface area contributed by atoms with E-state index in [4.69, 9.17) is 0 Å². The van der Waals surface area contributed by atoms with Crippen LogP contribution < -0.4 is 5.32 Å². The number of rotatable bonds is 2. The molecule has 0 spiro atoms. The molecule has 1 N–H and O–H groups in total. The van der Waals surface area contributed by atoms with Gasteiger partial charge in [-0.1, -0.05) is 51.1 Å². The van der Waals surface area contributed by atoms with Gasteiger partial charge in [0, 0.05) is 11.5 Å². The van der Waals surface area contributed by atoms with Crippen LogP contribution in [-0.2, 0) is 9.59 Å². The Kier molecular flexibility index (Phi) is 4.21. The minimum atomic E-state index is -0.559. The Morgan fingerprint density at radius 1 is 1.12 bits per heavy atom. The second kappa shape index (κ2) is 5.43. The SMILES string of the molecule is CC(C)(C)C(=O)NC(=O)/C=C/c1ccccc1. The number of hydrogen-bond acceptors (Lipinski definition) is 2. The fraction of sp³-hybridized carbons (Fsp3) is 0.286. The third-order valence-electron chi connectivity index (χ3n) is 2.14. The number of amides is 2. The summed E-state index contributed by atoms with van der Waals surface area (Å²) < 4.78 is 0. The lowest BCUT2D eigenvalue weighted by Gasteiger charge is -2.15. The van der Waals surface area contributed by atoms with E-state index in [-0.39, 0.29) is 5.91 Å². The number of benzene rings is 1. The first-order valence-corrected chi connectivity index (χ1v) is 5.48. The summed E-state index contributed by atoms with van der Waals surface area (Å²) in [6.45, 7) is 5.28. The fourth-order valence-electron chi connectivity index (χ4n) is 1.08. The highest BCUT2D eigenvalue weighted by Crippen LogP contribution is 2.12. The molecule has 0 atom stereocenters. The Morgan fingerprint density at radius 3 is 2.24 bits per heavy atom. The van der Waals surface area contributed by atoms with E-state index >= 15 is 0 Å². The van der Waals surface area contributed by atoms with Crippen molar-refractivity contribution in [1.29, 1.82) is 0 Å². The molecule has 0 unspecified atom stereocenters. The average Bonchev–Trinajstić information content (AvgIpc) is 2.26. The molecule has 0 aliphatic carbocycles. The van der Waals surface area contributed by atoms with Crippen LogP contribution in [0.2, 0.25) is 0 Å². The summed E-state index contributed by atoms with van der Waals surface area (Å²) in [5, 5.41) is 2.33. The van der Waals surface area contributed by atoms with Crippen molar-refractivity contribution in [2.75, 3.05) is 0 Å². The molecule has 17 heavy (non-hydrogen) atoms. The van der Waals surface area contributed by atoms with Gasteiger partial charge in [0.05, 0.1) is 0 Å². The largest absolute Gasteiger partial charge is 0.292 e. The summed E-state index contributed by atoms with van der Waals surface area (Å²) in [6, 6.07) is 9.45. The molecule has 90 valence electrons. The number of nitrogens with one attached hydrogen (secondary N) is 1. The van der Waals surface area contributed by atoms with Crippen molar-refractivity contribution in [3.05, 3.63) is 42.0 Å². The Morgan fingerprint density at radius 2 is 1.71 bits per heavy atom. The molecule has 0 saturated heterocycles. The Bertz CT molecular complexity index is 427. The van der Waals surface area contributed by atoms with Gasteiger partial charge in [0.1, 0.15) is 0 Å². The molecule has 0 aliphatic rings. The lowest BCUT2D eigenvalue weighted by Crippen LogP contribution is -2.38. The number of carbonyl (C=O) groups excluding carboxylic acids is 2. The van der Waals surface area contributed by atoms with Gasteiger partial charge in [-0.05, 0) is 11.6 Å². The third kappa shape index (κ3) is 4.64. The van der Waals surface area contributed by atoms with E-state index in [2.05, 4.69) is 5.32 Å². The van der Waals surface area contributed by atoms with Gasteiger partial charge in [-0.15, -0.1) is 0 Å². The monoisotopic (exact) mass is 231 g/mol. The lowest BCUT2D eigenvalue weighted by atomic mass is 9.96. The molecule has 1 rings (SSSR count). The van der Waals surface area contributed by atoms with Crippen LogP contribution >= 0.6 is 0 Å².